The summed E-state index contributed by atoms with van der Waals surface area (Å²) < 4.78 is 16.5. The molecule has 0 saturated heterocycles. The molecule has 4 aromatic rings. The molecule has 0 bridgehead atoms. The Hall–Kier alpha value is -4.34. The number of H-pyrrole nitrogens is 1. The average Bonchev–Trinajstić information content (AvgIpc) is 3.30. The zero-order valence-corrected chi connectivity index (χ0v) is 20.0. The summed E-state index contributed by atoms with van der Waals surface area (Å²) in [4.78, 5) is 16.3. The van der Waals surface area contributed by atoms with Crippen LogP contribution in [0.15, 0.2) is 53.8 Å². The van der Waals surface area contributed by atoms with Crippen molar-refractivity contribution >= 4 is 29.0 Å². The molecule has 0 atom stereocenters. The summed E-state index contributed by atoms with van der Waals surface area (Å²) in [5.74, 6) is 2.07. The van der Waals surface area contributed by atoms with Crippen LogP contribution in [-0.4, -0.2) is 53.5 Å². The maximum atomic E-state index is 5.84. The van der Waals surface area contributed by atoms with Gasteiger partial charge in [0, 0.05) is 35.6 Å². The van der Waals surface area contributed by atoms with Gasteiger partial charge in [-0.2, -0.15) is 20.1 Å². The van der Waals surface area contributed by atoms with Gasteiger partial charge in [-0.15, -0.1) is 0 Å². The summed E-state index contributed by atoms with van der Waals surface area (Å²) in [7, 11) is 3.23. The first kappa shape index (κ1) is 23.8. The number of methoxy groups -OCH3 is 2. The Labute approximate surface area is 203 Å². The largest absolute Gasteiger partial charge is 0.493 e. The van der Waals surface area contributed by atoms with E-state index in [1.54, 1.807) is 20.4 Å². The summed E-state index contributed by atoms with van der Waals surface area (Å²) in [5, 5.41) is 8.55. The number of rotatable bonds is 12. The molecule has 2 aromatic carbocycles. The Bertz CT molecular complexity index is 1290. The minimum Gasteiger partial charge on any atom is -0.493 e. The minimum atomic E-state index is 0.212. The van der Waals surface area contributed by atoms with Gasteiger partial charge in [-0.1, -0.05) is 31.2 Å². The van der Waals surface area contributed by atoms with Crippen molar-refractivity contribution < 1.29 is 14.2 Å². The first-order valence-corrected chi connectivity index (χ1v) is 11.4. The molecule has 3 N–H and O–H groups in total. The Morgan fingerprint density at radius 1 is 1.00 bits per heavy atom. The molecule has 0 fully saturated rings. The number of aromatic nitrogens is 4. The van der Waals surface area contributed by atoms with Crippen molar-refractivity contribution in [3.05, 3.63) is 59.8 Å². The molecule has 35 heavy (non-hydrogen) atoms. The van der Waals surface area contributed by atoms with Crippen LogP contribution in [0.25, 0.3) is 10.9 Å². The zero-order chi connectivity index (χ0) is 24.5. The van der Waals surface area contributed by atoms with E-state index in [0.717, 1.165) is 35.0 Å². The second-order valence-electron chi connectivity index (χ2n) is 7.64. The molecular weight excluding hydrogens is 446 g/mol. The monoisotopic (exact) mass is 475 g/mol. The van der Waals surface area contributed by atoms with Gasteiger partial charge in [-0.05, 0) is 30.2 Å². The molecule has 0 radical (unpaired) electrons. The van der Waals surface area contributed by atoms with Gasteiger partial charge in [0.1, 0.15) is 0 Å². The molecule has 10 nitrogen and oxygen atoms in total. The van der Waals surface area contributed by atoms with Crippen LogP contribution < -0.4 is 25.0 Å². The number of hydrogen-bond donors (Lipinski definition) is 3. The second kappa shape index (κ2) is 11.7. The quantitative estimate of drug-likeness (QED) is 0.205. The fourth-order valence-electron chi connectivity index (χ4n) is 3.44. The van der Waals surface area contributed by atoms with Crippen LogP contribution in [0.3, 0.4) is 0 Å². The fourth-order valence-corrected chi connectivity index (χ4v) is 3.44. The molecule has 0 aliphatic carbocycles. The van der Waals surface area contributed by atoms with Crippen LogP contribution in [0.2, 0.25) is 0 Å². The third kappa shape index (κ3) is 6.17. The summed E-state index contributed by atoms with van der Waals surface area (Å²) >= 11 is 0. The number of nitrogens with zero attached hydrogens (tertiary/aromatic N) is 4. The Morgan fingerprint density at radius 3 is 2.66 bits per heavy atom. The van der Waals surface area contributed by atoms with Crippen molar-refractivity contribution in [2.24, 2.45) is 5.10 Å². The smallest absolute Gasteiger partial charge is 0.323 e. The Kier molecular flexibility index (Phi) is 7.95. The highest BCUT2D eigenvalue weighted by molar-refractivity contribution is 5.99. The van der Waals surface area contributed by atoms with E-state index in [9.17, 15) is 0 Å². The maximum absolute atomic E-state index is 5.84. The van der Waals surface area contributed by atoms with Gasteiger partial charge < -0.3 is 24.5 Å². The minimum absolute atomic E-state index is 0.212. The van der Waals surface area contributed by atoms with E-state index in [1.165, 1.54) is 0 Å². The van der Waals surface area contributed by atoms with E-state index in [1.807, 2.05) is 48.7 Å². The number of para-hydroxylation sites is 1. The standard InChI is InChI=1S/C25H29N7O3/c1-4-12-26-23-29-24(32-28-16-18-15-27-20-8-6-5-7-19(18)20)31-25(30-23)35-13-11-17-9-10-21(33-2)22(14-17)34-3/h5-10,14-16,27H,4,11-13H2,1-3H3,(H2,26,29,30,31,32)/b28-16+. The van der Waals surface area contributed by atoms with Crippen LogP contribution in [0.4, 0.5) is 11.9 Å². The van der Waals surface area contributed by atoms with Gasteiger partial charge in [-0.3, -0.25) is 0 Å². The van der Waals surface area contributed by atoms with Crippen LogP contribution >= 0.6 is 0 Å². The maximum Gasteiger partial charge on any atom is 0.323 e. The molecule has 4 rings (SSSR count). The van der Waals surface area contributed by atoms with E-state index >= 15 is 0 Å². The average molecular weight is 476 g/mol. The van der Waals surface area contributed by atoms with Crippen molar-refractivity contribution in [2.75, 3.05) is 38.1 Å². The summed E-state index contributed by atoms with van der Waals surface area (Å²) in [6, 6.07) is 14.0. The van der Waals surface area contributed by atoms with E-state index in [2.05, 4.69) is 42.7 Å². The molecule has 2 heterocycles. The van der Waals surface area contributed by atoms with E-state index in [4.69, 9.17) is 14.2 Å². The van der Waals surface area contributed by atoms with Crippen LogP contribution in [0.1, 0.15) is 24.5 Å². The zero-order valence-electron chi connectivity index (χ0n) is 20.0. The first-order valence-electron chi connectivity index (χ1n) is 11.4. The van der Waals surface area contributed by atoms with Crippen molar-refractivity contribution in [3.63, 3.8) is 0 Å². The number of ether oxygens (including phenoxy) is 3. The highest BCUT2D eigenvalue weighted by Crippen LogP contribution is 2.27. The predicted octanol–water partition coefficient (Wildman–Crippen LogP) is 4.26. The molecule has 10 heteroatoms. The molecule has 0 aliphatic heterocycles. The normalized spacial score (nSPS) is 11.1. The van der Waals surface area contributed by atoms with Crippen molar-refractivity contribution in [2.45, 2.75) is 19.8 Å². The molecule has 0 amide bonds. The topological polar surface area (TPSA) is 119 Å². The molecule has 0 spiro atoms. The molecule has 182 valence electrons. The van der Waals surface area contributed by atoms with Crippen LogP contribution in [0.5, 0.6) is 17.5 Å². The lowest BCUT2D eigenvalue weighted by molar-refractivity contribution is 0.295. The van der Waals surface area contributed by atoms with Gasteiger partial charge in [0.25, 0.3) is 5.95 Å². The number of benzene rings is 2. The van der Waals surface area contributed by atoms with Crippen molar-refractivity contribution in [1.29, 1.82) is 0 Å². The number of anilines is 2. The lowest BCUT2D eigenvalue weighted by atomic mass is 10.1. The number of fused-ring (bicyclic) bond motifs is 1. The van der Waals surface area contributed by atoms with Crippen molar-refractivity contribution in [3.8, 4) is 17.5 Å². The number of aromatic amines is 1. The van der Waals surface area contributed by atoms with Gasteiger partial charge in [0.05, 0.1) is 27.0 Å². The highest BCUT2D eigenvalue weighted by Gasteiger charge is 2.09. The van der Waals surface area contributed by atoms with Crippen molar-refractivity contribution in [1.82, 2.24) is 19.9 Å². The Balaban J connectivity index is 1.43. The second-order valence-corrected chi connectivity index (χ2v) is 7.64. The van der Waals surface area contributed by atoms with E-state index < -0.39 is 0 Å². The number of nitrogens with one attached hydrogen (secondary N) is 3. The van der Waals surface area contributed by atoms with Crippen LogP contribution in [0, 0.1) is 0 Å². The van der Waals surface area contributed by atoms with Gasteiger partial charge in [-0.25, -0.2) is 5.43 Å². The summed E-state index contributed by atoms with van der Waals surface area (Å²) in [6.45, 7) is 3.18. The SMILES string of the molecule is CCCNc1nc(N/N=C/c2c[nH]c3ccccc23)nc(OCCc2ccc(OC)c(OC)c2)n1. The molecule has 0 aliphatic rings. The van der Waals surface area contributed by atoms with Crippen LogP contribution in [-0.2, 0) is 6.42 Å². The summed E-state index contributed by atoms with van der Waals surface area (Å²) in [6.07, 6.45) is 5.20. The lowest BCUT2D eigenvalue weighted by Crippen LogP contribution is -2.11. The summed E-state index contributed by atoms with van der Waals surface area (Å²) in [5.41, 5.74) is 5.93. The third-order valence-corrected chi connectivity index (χ3v) is 5.21. The van der Waals surface area contributed by atoms with Gasteiger partial charge >= 0.3 is 6.01 Å². The third-order valence-electron chi connectivity index (χ3n) is 5.21. The first-order chi connectivity index (χ1) is 17.2. The van der Waals surface area contributed by atoms with E-state index in [0.29, 0.717) is 30.5 Å². The highest BCUT2D eigenvalue weighted by atomic mass is 16.5. The molecule has 0 unspecified atom stereocenters. The predicted molar refractivity (Wildman–Crippen MR) is 137 cm³/mol. The number of hydrogen-bond acceptors (Lipinski definition) is 9. The lowest BCUT2D eigenvalue weighted by Gasteiger charge is -2.11. The number of hydrazone groups is 1. The van der Waals surface area contributed by atoms with E-state index in [-0.39, 0.29) is 12.0 Å². The van der Waals surface area contributed by atoms with Gasteiger partial charge in [0.15, 0.2) is 11.5 Å². The fraction of sp³-hybridized carbons (Fsp3) is 0.280. The Morgan fingerprint density at radius 2 is 1.83 bits per heavy atom. The van der Waals surface area contributed by atoms with Gasteiger partial charge in [0.2, 0.25) is 5.95 Å². The molecular formula is C25H29N7O3. The molecule has 0 saturated carbocycles. The molecule has 2 aromatic heterocycles.